The fourth-order valence-corrected chi connectivity index (χ4v) is 4.83. The Kier molecular flexibility index (Phi) is 6.52. The highest BCUT2D eigenvalue weighted by Gasteiger charge is 2.33. The van der Waals surface area contributed by atoms with E-state index in [2.05, 4.69) is 13.8 Å². The number of rotatable bonds is 6. The zero-order chi connectivity index (χ0) is 18.7. The predicted molar refractivity (Wildman–Crippen MR) is 98.6 cm³/mol. The van der Waals surface area contributed by atoms with Gasteiger partial charge in [0.25, 0.3) is 6.43 Å². The Labute approximate surface area is 155 Å². The molecule has 3 rings (SSSR count). The van der Waals surface area contributed by atoms with Crippen LogP contribution in [0.1, 0.15) is 101 Å². The van der Waals surface area contributed by atoms with Gasteiger partial charge in [0.15, 0.2) is 11.6 Å². The summed E-state index contributed by atoms with van der Waals surface area (Å²) in [5, 5.41) is 0. The van der Waals surface area contributed by atoms with Crippen molar-refractivity contribution < 1.29 is 17.9 Å². The van der Waals surface area contributed by atoms with E-state index < -0.39 is 17.8 Å². The molecule has 1 aliphatic heterocycles. The number of aryl methyl sites for hydroxylation is 1. The average Bonchev–Trinajstić information content (AvgIpc) is 2.63. The lowest BCUT2D eigenvalue weighted by atomic mass is 9.75. The van der Waals surface area contributed by atoms with Crippen molar-refractivity contribution in [1.29, 1.82) is 0 Å². The Morgan fingerprint density at radius 1 is 1.04 bits per heavy atom. The summed E-state index contributed by atoms with van der Waals surface area (Å²) in [7, 11) is 0. The molecule has 1 saturated carbocycles. The molecule has 1 nitrogen and oxygen atoms in total. The number of fused-ring (bicyclic) bond motifs is 1. The summed E-state index contributed by atoms with van der Waals surface area (Å²) in [6.07, 6.45) is 6.79. The van der Waals surface area contributed by atoms with Gasteiger partial charge < -0.3 is 4.74 Å². The van der Waals surface area contributed by atoms with Gasteiger partial charge in [-0.2, -0.15) is 0 Å². The van der Waals surface area contributed by atoms with Crippen LogP contribution in [-0.2, 0) is 6.42 Å². The monoisotopic (exact) mass is 368 g/mol. The van der Waals surface area contributed by atoms with Gasteiger partial charge in [0, 0.05) is 0 Å². The second kappa shape index (κ2) is 8.67. The van der Waals surface area contributed by atoms with Crippen LogP contribution >= 0.6 is 0 Å². The first-order valence-electron chi connectivity index (χ1n) is 10.3. The van der Waals surface area contributed by atoms with Gasteiger partial charge in [0.1, 0.15) is 0 Å². The molecule has 1 fully saturated rings. The summed E-state index contributed by atoms with van der Waals surface area (Å²) >= 11 is 0. The van der Waals surface area contributed by atoms with Crippen LogP contribution in [0.4, 0.5) is 13.2 Å². The quantitative estimate of drug-likeness (QED) is 0.511. The van der Waals surface area contributed by atoms with Crippen LogP contribution in [0.3, 0.4) is 0 Å². The van der Waals surface area contributed by atoms with Crippen LogP contribution < -0.4 is 4.74 Å². The summed E-state index contributed by atoms with van der Waals surface area (Å²) in [6, 6.07) is 1.84. The molecule has 0 saturated heterocycles. The first-order chi connectivity index (χ1) is 12.5. The number of ether oxygens (including phenoxy) is 1. The fraction of sp³-hybridized carbons (Fsp3) is 0.727. The smallest absolute Gasteiger partial charge is 0.267 e. The van der Waals surface area contributed by atoms with E-state index in [9.17, 15) is 8.78 Å². The highest BCUT2D eigenvalue weighted by Crippen LogP contribution is 2.45. The van der Waals surface area contributed by atoms with E-state index in [1.807, 2.05) is 6.07 Å². The lowest BCUT2D eigenvalue weighted by Gasteiger charge is -2.32. The van der Waals surface area contributed by atoms with Crippen molar-refractivity contribution in [3.8, 4) is 5.75 Å². The van der Waals surface area contributed by atoms with Crippen LogP contribution in [0, 0.1) is 11.7 Å². The van der Waals surface area contributed by atoms with Gasteiger partial charge in [-0.05, 0) is 67.9 Å². The van der Waals surface area contributed by atoms with Gasteiger partial charge in [0.2, 0.25) is 0 Å². The minimum atomic E-state index is -2.79. The molecule has 0 N–H and O–H groups in total. The van der Waals surface area contributed by atoms with Gasteiger partial charge in [0.05, 0.1) is 11.7 Å². The zero-order valence-electron chi connectivity index (χ0n) is 16.0. The van der Waals surface area contributed by atoms with E-state index in [4.69, 9.17) is 4.74 Å². The maximum atomic E-state index is 15.0. The van der Waals surface area contributed by atoms with Gasteiger partial charge in [-0.15, -0.1) is 0 Å². The van der Waals surface area contributed by atoms with Crippen molar-refractivity contribution in [2.75, 3.05) is 0 Å². The molecule has 0 bridgehead atoms. The lowest BCUT2D eigenvalue weighted by Crippen LogP contribution is -2.25. The minimum absolute atomic E-state index is 0.0529. The van der Waals surface area contributed by atoms with Crippen LogP contribution in [0.15, 0.2) is 6.07 Å². The molecule has 4 heteroatoms. The number of halogens is 3. The molecule has 0 aromatic heterocycles. The van der Waals surface area contributed by atoms with E-state index >= 15 is 4.39 Å². The SMILES string of the molecule is CCCC1CCC(c2cc3c(c(F)c2C(F)F)OC(CCC)CC3)CC1. The summed E-state index contributed by atoms with van der Waals surface area (Å²) in [6.45, 7) is 4.24. The molecule has 0 radical (unpaired) electrons. The number of hydrogen-bond donors (Lipinski definition) is 0. The summed E-state index contributed by atoms with van der Waals surface area (Å²) < 4.78 is 48.3. The molecule has 1 aliphatic carbocycles. The molecule has 2 aliphatic rings. The van der Waals surface area contributed by atoms with E-state index in [1.165, 1.54) is 12.8 Å². The average molecular weight is 368 g/mol. The molecular weight excluding hydrogens is 337 g/mol. The molecule has 1 aromatic rings. The third kappa shape index (κ3) is 4.04. The molecule has 0 amide bonds. The first-order valence-corrected chi connectivity index (χ1v) is 10.3. The second-order valence-electron chi connectivity index (χ2n) is 8.06. The van der Waals surface area contributed by atoms with Crippen LogP contribution in [0.5, 0.6) is 5.75 Å². The van der Waals surface area contributed by atoms with E-state index in [-0.39, 0.29) is 17.8 Å². The summed E-state index contributed by atoms with van der Waals surface area (Å²) in [5.41, 5.74) is 0.925. The number of benzene rings is 1. The molecule has 146 valence electrons. The number of hydrogen-bond acceptors (Lipinski definition) is 1. The molecule has 1 unspecified atom stereocenters. The van der Waals surface area contributed by atoms with Gasteiger partial charge in [-0.3, -0.25) is 0 Å². The van der Waals surface area contributed by atoms with E-state index in [1.54, 1.807) is 0 Å². The minimum Gasteiger partial charge on any atom is -0.487 e. The predicted octanol–water partition coefficient (Wildman–Crippen LogP) is 7.33. The highest BCUT2D eigenvalue weighted by molar-refractivity contribution is 5.47. The normalized spacial score (nSPS) is 25.8. The number of alkyl halides is 2. The topological polar surface area (TPSA) is 9.23 Å². The molecular formula is C22H31F3O. The largest absolute Gasteiger partial charge is 0.487 e. The van der Waals surface area contributed by atoms with Crippen molar-refractivity contribution in [2.45, 2.75) is 96.5 Å². The maximum absolute atomic E-state index is 15.0. The lowest BCUT2D eigenvalue weighted by molar-refractivity contribution is 0.132. The van der Waals surface area contributed by atoms with Gasteiger partial charge in [-0.25, -0.2) is 13.2 Å². The molecule has 0 spiro atoms. The maximum Gasteiger partial charge on any atom is 0.267 e. The standard InChI is InChI=1S/C22H31F3O/c1-3-5-14-7-9-15(10-8-14)18-13-16-11-12-17(6-4-2)26-21(16)20(23)19(18)22(24)25/h13-15,17,22H,3-12H2,1-2H3. The van der Waals surface area contributed by atoms with Crippen molar-refractivity contribution >= 4 is 0 Å². The fourth-order valence-electron chi connectivity index (χ4n) is 4.83. The summed E-state index contributed by atoms with van der Waals surface area (Å²) in [4.78, 5) is 0. The van der Waals surface area contributed by atoms with Crippen LogP contribution in [0.2, 0.25) is 0 Å². The summed E-state index contributed by atoms with van der Waals surface area (Å²) in [5.74, 6) is 0.0459. The van der Waals surface area contributed by atoms with Crippen molar-refractivity contribution in [2.24, 2.45) is 5.92 Å². The zero-order valence-corrected chi connectivity index (χ0v) is 16.0. The molecule has 1 aromatic carbocycles. The Balaban J connectivity index is 1.88. The van der Waals surface area contributed by atoms with Crippen molar-refractivity contribution in [1.82, 2.24) is 0 Å². The van der Waals surface area contributed by atoms with Crippen molar-refractivity contribution in [3.63, 3.8) is 0 Å². The molecule has 1 heterocycles. The van der Waals surface area contributed by atoms with Crippen LogP contribution in [0.25, 0.3) is 0 Å². The van der Waals surface area contributed by atoms with E-state index in [0.29, 0.717) is 11.5 Å². The van der Waals surface area contributed by atoms with E-state index in [0.717, 1.165) is 56.9 Å². The Hall–Kier alpha value is -1.19. The Morgan fingerprint density at radius 2 is 1.73 bits per heavy atom. The second-order valence-corrected chi connectivity index (χ2v) is 8.06. The van der Waals surface area contributed by atoms with Gasteiger partial charge in [-0.1, -0.05) is 39.2 Å². The van der Waals surface area contributed by atoms with Gasteiger partial charge >= 0.3 is 0 Å². The third-order valence-corrected chi connectivity index (χ3v) is 6.20. The first kappa shape index (κ1) is 19.6. The molecule has 26 heavy (non-hydrogen) atoms. The highest BCUT2D eigenvalue weighted by atomic mass is 19.3. The Bertz CT molecular complexity index is 606. The van der Waals surface area contributed by atoms with Crippen LogP contribution in [-0.4, -0.2) is 6.10 Å². The Morgan fingerprint density at radius 3 is 2.35 bits per heavy atom. The van der Waals surface area contributed by atoms with Crippen molar-refractivity contribution in [3.05, 3.63) is 28.6 Å². The third-order valence-electron chi connectivity index (χ3n) is 6.20. The molecule has 1 atom stereocenters.